The normalized spacial score (nSPS) is 20.3. The number of hydrogen-bond acceptors (Lipinski definition) is 4. The van der Waals surface area contributed by atoms with E-state index in [1.165, 1.54) is 0 Å². The Morgan fingerprint density at radius 1 is 1.58 bits per heavy atom. The van der Waals surface area contributed by atoms with Crippen LogP contribution in [0.1, 0.15) is 41.9 Å². The maximum atomic E-state index is 12.4. The molecule has 106 valence electrons. The van der Waals surface area contributed by atoms with Crippen LogP contribution in [0.4, 0.5) is 0 Å². The van der Waals surface area contributed by atoms with E-state index in [1.807, 2.05) is 4.90 Å². The lowest BCUT2D eigenvalue weighted by Gasteiger charge is -2.27. The molecule has 0 spiro atoms. The minimum Gasteiger partial charge on any atom is -0.377 e. The van der Waals surface area contributed by atoms with Gasteiger partial charge >= 0.3 is 0 Å². The van der Waals surface area contributed by atoms with Crippen molar-refractivity contribution >= 4 is 17.5 Å². The van der Waals surface area contributed by atoms with Crippen LogP contribution in [0.2, 0.25) is 0 Å². The van der Waals surface area contributed by atoms with E-state index < -0.39 is 0 Å². The summed E-state index contributed by atoms with van der Waals surface area (Å²) >= 11 is 5.98. The van der Waals surface area contributed by atoms with Crippen molar-refractivity contribution in [3.05, 3.63) is 17.5 Å². The van der Waals surface area contributed by atoms with Crippen molar-refractivity contribution in [1.29, 1.82) is 0 Å². The van der Waals surface area contributed by atoms with E-state index in [1.54, 1.807) is 13.2 Å². The summed E-state index contributed by atoms with van der Waals surface area (Å²) in [4.78, 5) is 14.3. The maximum Gasteiger partial charge on any atom is 0.276 e. The minimum absolute atomic E-state index is 0.0965. The quantitative estimate of drug-likeness (QED) is 0.798. The zero-order valence-electron chi connectivity index (χ0n) is 11.1. The average Bonchev–Trinajstić information content (AvgIpc) is 2.75. The number of alkyl halides is 1. The van der Waals surface area contributed by atoms with Crippen LogP contribution in [0.5, 0.6) is 0 Å². The predicted octanol–water partition coefficient (Wildman–Crippen LogP) is 2.44. The maximum absolute atomic E-state index is 12.4. The Morgan fingerprint density at radius 2 is 2.42 bits per heavy atom. The summed E-state index contributed by atoms with van der Waals surface area (Å²) in [6, 6.07) is 1.74. The summed E-state index contributed by atoms with van der Waals surface area (Å²) in [5.41, 5.74) is 0.337. The van der Waals surface area contributed by atoms with Crippen LogP contribution in [-0.4, -0.2) is 41.5 Å². The number of hydrogen-bond donors (Lipinski definition) is 0. The van der Waals surface area contributed by atoms with Gasteiger partial charge in [0.15, 0.2) is 11.5 Å². The summed E-state index contributed by atoms with van der Waals surface area (Å²) in [7, 11) is 1.57. The van der Waals surface area contributed by atoms with Gasteiger partial charge in [0.1, 0.15) is 6.61 Å². The van der Waals surface area contributed by atoms with Crippen LogP contribution < -0.4 is 0 Å². The number of ether oxygens (including phenoxy) is 1. The second kappa shape index (κ2) is 6.91. The molecule has 5 nitrogen and oxygen atoms in total. The summed E-state index contributed by atoms with van der Waals surface area (Å²) in [6.45, 7) is 1.06. The highest BCUT2D eigenvalue weighted by atomic mass is 35.5. The molecule has 2 rings (SSSR count). The molecule has 6 heteroatoms. The van der Waals surface area contributed by atoms with Crippen molar-refractivity contribution in [2.45, 2.75) is 38.3 Å². The molecule has 1 fully saturated rings. The second-order valence-corrected chi connectivity index (χ2v) is 5.08. The van der Waals surface area contributed by atoms with E-state index in [-0.39, 0.29) is 11.9 Å². The van der Waals surface area contributed by atoms with Gasteiger partial charge in [-0.2, -0.15) is 0 Å². The molecule has 19 heavy (non-hydrogen) atoms. The van der Waals surface area contributed by atoms with Crippen LogP contribution in [0, 0.1) is 0 Å². The van der Waals surface area contributed by atoms with Crippen molar-refractivity contribution < 1.29 is 14.1 Å². The number of carbonyl (C=O) groups is 1. The topological polar surface area (TPSA) is 55.6 Å². The molecule has 1 aliphatic heterocycles. The minimum atomic E-state index is -0.0985. The van der Waals surface area contributed by atoms with Gasteiger partial charge in [-0.15, -0.1) is 11.6 Å². The van der Waals surface area contributed by atoms with Crippen LogP contribution in [0.3, 0.4) is 0 Å². The van der Waals surface area contributed by atoms with Crippen LogP contribution >= 0.6 is 11.6 Å². The molecule has 0 radical (unpaired) electrons. The SMILES string of the molecule is COCc1cc(C(=O)N2CCCCCC2CCl)no1. The van der Waals surface area contributed by atoms with Gasteiger partial charge in [-0.05, 0) is 12.8 Å². The lowest BCUT2D eigenvalue weighted by Crippen LogP contribution is -2.41. The molecular formula is C13H19ClN2O3. The zero-order valence-corrected chi connectivity index (χ0v) is 11.9. The fourth-order valence-corrected chi connectivity index (χ4v) is 2.70. The summed E-state index contributed by atoms with van der Waals surface area (Å²) in [5.74, 6) is 0.927. The molecule has 0 aromatic carbocycles. The third-order valence-electron chi connectivity index (χ3n) is 3.38. The van der Waals surface area contributed by atoms with Gasteiger partial charge in [-0.25, -0.2) is 0 Å². The number of carbonyl (C=O) groups excluding carboxylic acids is 1. The van der Waals surface area contributed by atoms with Gasteiger partial charge in [-0.1, -0.05) is 18.0 Å². The monoisotopic (exact) mass is 286 g/mol. The lowest BCUT2D eigenvalue weighted by molar-refractivity contribution is 0.0689. The molecule has 1 saturated heterocycles. The highest BCUT2D eigenvalue weighted by Gasteiger charge is 2.27. The first kappa shape index (κ1) is 14.3. The number of nitrogens with zero attached hydrogens (tertiary/aromatic N) is 2. The number of amides is 1. The molecule has 0 saturated carbocycles. The molecule has 2 heterocycles. The highest BCUT2D eigenvalue weighted by molar-refractivity contribution is 6.18. The molecule has 0 aliphatic carbocycles. The molecule has 0 N–H and O–H groups in total. The second-order valence-electron chi connectivity index (χ2n) is 4.77. The fourth-order valence-electron chi connectivity index (χ4n) is 2.38. The highest BCUT2D eigenvalue weighted by Crippen LogP contribution is 2.20. The van der Waals surface area contributed by atoms with Gasteiger partial charge in [0, 0.05) is 31.6 Å². The van der Waals surface area contributed by atoms with Gasteiger partial charge in [0.05, 0.1) is 0 Å². The molecule has 1 amide bonds. The van der Waals surface area contributed by atoms with E-state index in [4.69, 9.17) is 20.9 Å². The molecule has 1 aromatic rings. The molecule has 1 unspecified atom stereocenters. The van der Waals surface area contributed by atoms with Crippen molar-refractivity contribution in [3.63, 3.8) is 0 Å². The van der Waals surface area contributed by atoms with Crippen molar-refractivity contribution in [2.24, 2.45) is 0 Å². The Bertz CT molecular complexity index is 422. The standard InChI is InChI=1S/C13H19ClN2O3/c1-18-9-11-7-12(15-19-11)13(17)16-6-4-2-3-5-10(16)8-14/h7,10H,2-6,8-9H2,1H3. The van der Waals surface area contributed by atoms with Gasteiger partial charge in [0.2, 0.25) is 0 Å². The molecular weight excluding hydrogens is 268 g/mol. The summed E-state index contributed by atoms with van der Waals surface area (Å²) in [5, 5.41) is 3.82. The van der Waals surface area contributed by atoms with E-state index >= 15 is 0 Å². The number of methoxy groups -OCH3 is 1. The Balaban J connectivity index is 2.10. The Hall–Kier alpha value is -1.07. The smallest absolute Gasteiger partial charge is 0.276 e. The van der Waals surface area contributed by atoms with Crippen molar-refractivity contribution in [2.75, 3.05) is 19.5 Å². The van der Waals surface area contributed by atoms with Crippen molar-refractivity contribution in [3.8, 4) is 0 Å². The van der Waals surface area contributed by atoms with Gasteiger partial charge in [0.25, 0.3) is 5.91 Å². The molecule has 1 atom stereocenters. The van der Waals surface area contributed by atoms with Crippen LogP contribution in [0.15, 0.2) is 10.6 Å². The van der Waals surface area contributed by atoms with Crippen LogP contribution in [0.25, 0.3) is 0 Å². The third-order valence-corrected chi connectivity index (χ3v) is 3.74. The Kier molecular flexibility index (Phi) is 5.22. The molecule has 0 bridgehead atoms. The number of rotatable bonds is 4. The number of likely N-dealkylation sites (tertiary alicyclic amines) is 1. The van der Waals surface area contributed by atoms with E-state index in [2.05, 4.69) is 5.16 Å². The van der Waals surface area contributed by atoms with E-state index in [0.717, 1.165) is 32.2 Å². The van der Waals surface area contributed by atoms with Crippen LogP contribution in [-0.2, 0) is 11.3 Å². The first-order valence-electron chi connectivity index (χ1n) is 6.57. The molecule has 1 aromatic heterocycles. The first-order valence-corrected chi connectivity index (χ1v) is 7.11. The van der Waals surface area contributed by atoms with Gasteiger partial charge in [-0.3, -0.25) is 4.79 Å². The number of halogens is 1. The first-order chi connectivity index (χ1) is 9.26. The molecule has 1 aliphatic rings. The summed E-state index contributed by atoms with van der Waals surface area (Å²) in [6.07, 6.45) is 4.24. The van der Waals surface area contributed by atoms with Gasteiger partial charge < -0.3 is 14.2 Å². The lowest BCUT2D eigenvalue weighted by atomic mass is 10.1. The Morgan fingerprint density at radius 3 is 3.16 bits per heavy atom. The van der Waals surface area contributed by atoms with E-state index in [0.29, 0.717) is 23.9 Å². The van der Waals surface area contributed by atoms with E-state index in [9.17, 15) is 4.79 Å². The predicted molar refractivity (Wildman–Crippen MR) is 71.2 cm³/mol. The number of aromatic nitrogens is 1. The van der Waals surface area contributed by atoms with Crippen molar-refractivity contribution in [1.82, 2.24) is 10.1 Å². The third kappa shape index (κ3) is 3.48. The summed E-state index contributed by atoms with van der Waals surface area (Å²) < 4.78 is 10.0. The largest absolute Gasteiger partial charge is 0.377 e. The Labute approximate surface area is 117 Å². The zero-order chi connectivity index (χ0) is 13.7. The fraction of sp³-hybridized carbons (Fsp3) is 0.692. The average molecular weight is 287 g/mol.